The molecular formula is C15H11ClN2. The van der Waals surface area contributed by atoms with Gasteiger partial charge < -0.3 is 0 Å². The molecule has 0 amide bonds. The lowest BCUT2D eigenvalue weighted by atomic mass is 10.1. The zero-order valence-corrected chi connectivity index (χ0v) is 10.7. The van der Waals surface area contributed by atoms with E-state index in [1.807, 2.05) is 37.3 Å². The maximum Gasteiger partial charge on any atom is 0.223 e. The fourth-order valence-corrected chi connectivity index (χ4v) is 2.57. The first-order chi connectivity index (χ1) is 8.76. The Bertz CT molecular complexity index is 776. The van der Waals surface area contributed by atoms with E-state index in [0.717, 1.165) is 33.0 Å². The lowest BCUT2D eigenvalue weighted by Gasteiger charge is -2.00. The molecule has 0 radical (unpaired) electrons. The molecule has 3 rings (SSSR count). The van der Waals surface area contributed by atoms with Crippen LogP contribution in [0.5, 0.6) is 0 Å². The number of halogens is 1. The summed E-state index contributed by atoms with van der Waals surface area (Å²) >= 11 is 5.99. The van der Waals surface area contributed by atoms with Gasteiger partial charge in [0, 0.05) is 10.8 Å². The van der Waals surface area contributed by atoms with E-state index >= 15 is 0 Å². The molecule has 2 nitrogen and oxygen atoms in total. The van der Waals surface area contributed by atoms with Gasteiger partial charge in [0.25, 0.3) is 0 Å². The van der Waals surface area contributed by atoms with Gasteiger partial charge in [-0.05, 0) is 29.7 Å². The van der Waals surface area contributed by atoms with Crippen molar-refractivity contribution in [2.75, 3.05) is 0 Å². The van der Waals surface area contributed by atoms with Crippen LogP contribution >= 0.6 is 11.6 Å². The summed E-state index contributed by atoms with van der Waals surface area (Å²) in [6, 6.07) is 8.13. The van der Waals surface area contributed by atoms with E-state index in [-0.39, 0.29) is 5.28 Å². The monoisotopic (exact) mass is 254 g/mol. The molecule has 0 saturated heterocycles. The molecule has 0 spiro atoms. The van der Waals surface area contributed by atoms with Gasteiger partial charge in [-0.25, -0.2) is 9.97 Å². The fourth-order valence-electron chi connectivity index (χ4n) is 2.39. The summed E-state index contributed by atoms with van der Waals surface area (Å²) in [7, 11) is 0. The Kier molecular flexibility index (Phi) is 2.53. The van der Waals surface area contributed by atoms with Gasteiger partial charge >= 0.3 is 0 Å². The molecule has 1 aliphatic carbocycles. The van der Waals surface area contributed by atoms with Gasteiger partial charge in [0.2, 0.25) is 5.28 Å². The summed E-state index contributed by atoms with van der Waals surface area (Å²) in [5, 5.41) is 2.16. The highest BCUT2D eigenvalue weighted by Crippen LogP contribution is 2.30. The highest BCUT2D eigenvalue weighted by atomic mass is 35.5. The van der Waals surface area contributed by atoms with Crippen LogP contribution < -0.4 is 10.6 Å². The molecule has 0 fully saturated rings. The van der Waals surface area contributed by atoms with E-state index in [9.17, 15) is 0 Å². The van der Waals surface area contributed by atoms with Gasteiger partial charge in [-0.2, -0.15) is 0 Å². The minimum absolute atomic E-state index is 0.280. The fraction of sp³-hybridized carbons (Fsp3) is 0.0667. The van der Waals surface area contributed by atoms with E-state index in [2.05, 4.69) is 22.6 Å². The quantitative estimate of drug-likeness (QED) is 0.730. The lowest BCUT2D eigenvalue weighted by molar-refractivity contribution is 1.11. The van der Waals surface area contributed by atoms with Crippen molar-refractivity contribution in [2.45, 2.75) is 6.92 Å². The Morgan fingerprint density at radius 2 is 1.89 bits per heavy atom. The van der Waals surface area contributed by atoms with Crippen molar-refractivity contribution >= 4 is 23.3 Å². The molecule has 18 heavy (non-hydrogen) atoms. The summed E-state index contributed by atoms with van der Waals surface area (Å²) < 4.78 is 0. The Labute approximate surface area is 110 Å². The van der Waals surface area contributed by atoms with Crippen molar-refractivity contribution in [1.82, 2.24) is 9.97 Å². The van der Waals surface area contributed by atoms with Crippen LogP contribution in [0.1, 0.15) is 12.5 Å². The summed E-state index contributed by atoms with van der Waals surface area (Å²) in [6.07, 6.45) is 3.80. The second-order valence-electron chi connectivity index (χ2n) is 4.05. The highest BCUT2D eigenvalue weighted by molar-refractivity contribution is 6.28. The molecule has 0 N–H and O–H groups in total. The predicted octanol–water partition coefficient (Wildman–Crippen LogP) is 2.30. The predicted molar refractivity (Wildman–Crippen MR) is 74.6 cm³/mol. The van der Waals surface area contributed by atoms with E-state index < -0.39 is 0 Å². The van der Waals surface area contributed by atoms with Crippen LogP contribution in [0, 0.1) is 0 Å². The molecule has 3 heteroatoms. The Balaban J connectivity index is 2.60. The van der Waals surface area contributed by atoms with Crippen molar-refractivity contribution in [3.05, 3.63) is 58.3 Å². The SMILES string of the molecule is C=CC1=c2c(nc(Cl)n/c2=C/C)-c2ccccc21. The van der Waals surface area contributed by atoms with Crippen molar-refractivity contribution in [3.8, 4) is 11.3 Å². The first-order valence-electron chi connectivity index (χ1n) is 5.72. The largest absolute Gasteiger partial charge is 0.223 e. The summed E-state index contributed by atoms with van der Waals surface area (Å²) in [5.41, 5.74) is 4.20. The number of benzene rings is 1. The molecule has 1 aliphatic rings. The van der Waals surface area contributed by atoms with E-state index in [1.54, 1.807) is 0 Å². The van der Waals surface area contributed by atoms with Crippen molar-refractivity contribution in [1.29, 1.82) is 0 Å². The number of nitrogens with zero attached hydrogens (tertiary/aromatic N) is 2. The molecule has 1 aromatic carbocycles. The van der Waals surface area contributed by atoms with Crippen LogP contribution in [-0.4, -0.2) is 9.97 Å². The minimum Gasteiger partial charge on any atom is -0.218 e. The van der Waals surface area contributed by atoms with Crippen LogP contribution in [0.2, 0.25) is 5.28 Å². The number of fused-ring (bicyclic) bond motifs is 3. The van der Waals surface area contributed by atoms with Crippen molar-refractivity contribution in [3.63, 3.8) is 0 Å². The molecular weight excluding hydrogens is 244 g/mol. The maximum absolute atomic E-state index is 5.99. The van der Waals surface area contributed by atoms with Crippen LogP contribution in [0.15, 0.2) is 36.9 Å². The Morgan fingerprint density at radius 3 is 2.56 bits per heavy atom. The van der Waals surface area contributed by atoms with Gasteiger partial charge in [0.1, 0.15) is 0 Å². The molecule has 1 heterocycles. The standard InChI is InChI=1S/C15H11ClN2/c1-3-9-10-7-5-6-8-11(10)14-13(9)12(4-2)17-15(16)18-14/h3-8H,1H2,2H3/b12-4+. The Hall–Kier alpha value is -1.93. The molecule has 0 bridgehead atoms. The minimum atomic E-state index is 0.280. The summed E-state index contributed by atoms with van der Waals surface area (Å²) in [4.78, 5) is 8.64. The molecule has 0 saturated carbocycles. The van der Waals surface area contributed by atoms with Crippen LogP contribution in [-0.2, 0) is 0 Å². The zero-order chi connectivity index (χ0) is 12.7. The van der Waals surface area contributed by atoms with Crippen LogP contribution in [0.25, 0.3) is 22.9 Å². The molecule has 0 unspecified atom stereocenters. The number of aromatic nitrogens is 2. The first kappa shape index (κ1) is 11.2. The number of rotatable bonds is 1. The zero-order valence-electron chi connectivity index (χ0n) is 9.94. The van der Waals surface area contributed by atoms with Gasteiger partial charge in [-0.3, -0.25) is 0 Å². The first-order valence-corrected chi connectivity index (χ1v) is 6.10. The third-order valence-electron chi connectivity index (χ3n) is 3.13. The smallest absolute Gasteiger partial charge is 0.218 e. The van der Waals surface area contributed by atoms with E-state index in [4.69, 9.17) is 11.6 Å². The van der Waals surface area contributed by atoms with Crippen LogP contribution in [0.4, 0.5) is 0 Å². The average molecular weight is 255 g/mol. The summed E-state index contributed by atoms with van der Waals surface area (Å²) in [5.74, 6) is 0. The van der Waals surface area contributed by atoms with E-state index in [0.29, 0.717) is 0 Å². The molecule has 0 atom stereocenters. The molecule has 1 aromatic heterocycles. The second kappa shape index (κ2) is 4.07. The molecule has 2 aromatic rings. The maximum atomic E-state index is 5.99. The Morgan fingerprint density at radius 1 is 1.17 bits per heavy atom. The van der Waals surface area contributed by atoms with Gasteiger partial charge in [-0.1, -0.05) is 43.0 Å². The van der Waals surface area contributed by atoms with Gasteiger partial charge in [0.05, 0.1) is 11.0 Å². The number of hydrogen-bond donors (Lipinski definition) is 0. The van der Waals surface area contributed by atoms with Crippen LogP contribution in [0.3, 0.4) is 0 Å². The number of hydrogen-bond acceptors (Lipinski definition) is 2. The molecule has 0 aliphatic heterocycles. The van der Waals surface area contributed by atoms with E-state index in [1.165, 1.54) is 0 Å². The highest BCUT2D eigenvalue weighted by Gasteiger charge is 2.20. The lowest BCUT2D eigenvalue weighted by Crippen LogP contribution is -2.31. The third kappa shape index (κ3) is 1.42. The topological polar surface area (TPSA) is 25.8 Å². The summed E-state index contributed by atoms with van der Waals surface area (Å²) in [6.45, 7) is 5.85. The van der Waals surface area contributed by atoms with Crippen molar-refractivity contribution in [2.24, 2.45) is 0 Å². The second-order valence-corrected chi connectivity index (χ2v) is 4.39. The third-order valence-corrected chi connectivity index (χ3v) is 3.30. The number of allylic oxidation sites excluding steroid dienone is 1. The van der Waals surface area contributed by atoms with Gasteiger partial charge in [-0.15, -0.1) is 0 Å². The van der Waals surface area contributed by atoms with Gasteiger partial charge in [0.15, 0.2) is 0 Å². The average Bonchev–Trinajstić information content (AvgIpc) is 2.72. The molecule has 88 valence electrons. The normalized spacial score (nSPS) is 13.4. The van der Waals surface area contributed by atoms with Crippen molar-refractivity contribution < 1.29 is 0 Å².